The summed E-state index contributed by atoms with van der Waals surface area (Å²) in [6, 6.07) is 9.94. The normalized spacial score (nSPS) is 14.3. The first kappa shape index (κ1) is 20.5. The number of hydrogen-bond donors (Lipinski definition) is 2. The Bertz CT molecular complexity index is 1300. The molecule has 0 aliphatic heterocycles. The highest BCUT2D eigenvalue weighted by Crippen LogP contribution is 2.30. The van der Waals surface area contributed by atoms with E-state index in [9.17, 15) is 19.2 Å². The lowest BCUT2D eigenvalue weighted by molar-refractivity contribution is -0.117. The van der Waals surface area contributed by atoms with Crippen molar-refractivity contribution in [1.82, 2.24) is 19.4 Å². The van der Waals surface area contributed by atoms with E-state index in [0.29, 0.717) is 0 Å². The number of fused-ring (bicyclic) bond motifs is 1. The summed E-state index contributed by atoms with van der Waals surface area (Å²) in [5.74, 6) is -0.249. The van der Waals surface area contributed by atoms with Gasteiger partial charge in [0.05, 0.1) is 11.4 Å². The molecule has 160 valence electrons. The molecule has 9 nitrogen and oxygen atoms in total. The first-order chi connectivity index (χ1) is 14.8. The summed E-state index contributed by atoms with van der Waals surface area (Å²) in [4.78, 5) is 53.2. The molecule has 0 radical (unpaired) electrons. The highest BCUT2D eigenvalue weighted by atomic mass is 16.2. The van der Waals surface area contributed by atoms with Gasteiger partial charge in [-0.25, -0.2) is 9.78 Å². The minimum Gasteiger partial charge on any atom is -0.344 e. The highest BCUT2D eigenvalue weighted by Gasteiger charge is 2.29. The van der Waals surface area contributed by atoms with E-state index in [0.717, 1.165) is 28.7 Å². The molecular weight excluding hydrogens is 398 g/mol. The van der Waals surface area contributed by atoms with Crippen molar-refractivity contribution in [2.75, 3.05) is 5.32 Å². The Hall–Kier alpha value is -3.75. The van der Waals surface area contributed by atoms with Gasteiger partial charge in [0.1, 0.15) is 11.3 Å². The van der Waals surface area contributed by atoms with Crippen molar-refractivity contribution in [3.05, 3.63) is 68.5 Å². The van der Waals surface area contributed by atoms with Crippen LogP contribution < -0.4 is 21.9 Å². The predicted molar refractivity (Wildman–Crippen MR) is 116 cm³/mol. The fraction of sp³-hybridized carbons (Fsp3) is 0.318. The second-order valence-electron chi connectivity index (χ2n) is 7.85. The second kappa shape index (κ2) is 7.82. The van der Waals surface area contributed by atoms with E-state index < -0.39 is 17.2 Å². The van der Waals surface area contributed by atoms with Crippen molar-refractivity contribution in [3.63, 3.8) is 0 Å². The number of nitrogens with one attached hydrogen (secondary N) is 2. The number of carbonyl (C=O) groups excluding carboxylic acids is 2. The monoisotopic (exact) mass is 421 g/mol. The van der Waals surface area contributed by atoms with Gasteiger partial charge >= 0.3 is 5.69 Å². The number of pyridine rings is 1. The minimum absolute atomic E-state index is 0.0423. The second-order valence-corrected chi connectivity index (χ2v) is 7.85. The van der Waals surface area contributed by atoms with Crippen molar-refractivity contribution in [2.24, 2.45) is 20.0 Å². The van der Waals surface area contributed by atoms with Gasteiger partial charge < -0.3 is 10.6 Å². The molecule has 0 saturated heterocycles. The van der Waals surface area contributed by atoms with Crippen LogP contribution in [0.2, 0.25) is 0 Å². The molecule has 1 unspecified atom stereocenters. The van der Waals surface area contributed by atoms with Gasteiger partial charge in [-0.05, 0) is 49.6 Å². The van der Waals surface area contributed by atoms with Crippen LogP contribution in [0, 0.1) is 5.92 Å². The number of aryl methyl sites for hydroxylation is 1. The standard InChI is InChI=1S/C22H23N5O4/c1-12(13-6-8-15(9-7-13)24-19(28)14-4-5-14)23-20(29)17-11-10-16-18(25-17)26(2)22(31)27(3)21(16)30/h6-12,14H,4-5H2,1-3H3,(H,23,29)(H,24,28). The van der Waals surface area contributed by atoms with Gasteiger partial charge in [-0.15, -0.1) is 0 Å². The van der Waals surface area contributed by atoms with Crippen molar-refractivity contribution >= 4 is 28.5 Å². The van der Waals surface area contributed by atoms with E-state index >= 15 is 0 Å². The largest absolute Gasteiger partial charge is 0.344 e. The van der Waals surface area contributed by atoms with E-state index in [4.69, 9.17) is 0 Å². The molecule has 2 amide bonds. The van der Waals surface area contributed by atoms with Crippen LogP contribution in [0.25, 0.3) is 11.0 Å². The summed E-state index contributed by atoms with van der Waals surface area (Å²) in [7, 11) is 2.90. The number of aromatic nitrogens is 3. The Morgan fingerprint density at radius 1 is 1.03 bits per heavy atom. The number of anilines is 1. The van der Waals surface area contributed by atoms with Crippen molar-refractivity contribution in [3.8, 4) is 0 Å². The lowest BCUT2D eigenvalue weighted by atomic mass is 10.1. The predicted octanol–water partition coefficient (Wildman–Crippen LogP) is 1.47. The van der Waals surface area contributed by atoms with Crippen molar-refractivity contribution < 1.29 is 9.59 Å². The molecule has 31 heavy (non-hydrogen) atoms. The average molecular weight is 421 g/mol. The molecule has 3 aromatic rings. The zero-order chi connectivity index (χ0) is 22.3. The smallest absolute Gasteiger partial charge is 0.332 e. The molecule has 2 N–H and O–H groups in total. The van der Waals surface area contributed by atoms with Gasteiger partial charge in [0.15, 0.2) is 0 Å². The van der Waals surface area contributed by atoms with E-state index in [1.807, 2.05) is 19.1 Å². The number of amides is 2. The third kappa shape index (κ3) is 3.98. The maximum Gasteiger partial charge on any atom is 0.332 e. The number of carbonyl (C=O) groups is 2. The third-order valence-electron chi connectivity index (χ3n) is 5.51. The molecule has 1 atom stereocenters. The van der Waals surface area contributed by atoms with Crippen LogP contribution in [0.1, 0.15) is 41.9 Å². The molecule has 1 aromatic carbocycles. The van der Waals surface area contributed by atoms with Gasteiger partial charge in [0.2, 0.25) is 5.91 Å². The van der Waals surface area contributed by atoms with Crippen LogP contribution >= 0.6 is 0 Å². The van der Waals surface area contributed by atoms with Gasteiger partial charge in [0.25, 0.3) is 11.5 Å². The average Bonchev–Trinajstić information content (AvgIpc) is 3.62. The summed E-state index contributed by atoms with van der Waals surface area (Å²) in [5.41, 5.74) is 0.877. The Balaban J connectivity index is 1.51. The molecule has 1 fully saturated rings. The zero-order valence-corrected chi connectivity index (χ0v) is 17.5. The number of rotatable bonds is 5. The van der Waals surface area contributed by atoms with Crippen LogP contribution in [-0.2, 0) is 18.9 Å². The Morgan fingerprint density at radius 3 is 2.35 bits per heavy atom. The number of benzene rings is 1. The number of hydrogen-bond acceptors (Lipinski definition) is 5. The molecule has 1 aliphatic rings. The summed E-state index contributed by atoms with van der Waals surface area (Å²) in [5, 5.41) is 6.01. The van der Waals surface area contributed by atoms with Crippen LogP contribution in [0.4, 0.5) is 5.69 Å². The lowest BCUT2D eigenvalue weighted by Crippen LogP contribution is -2.37. The molecular formula is C22H23N5O4. The molecule has 4 rings (SSSR count). The van der Waals surface area contributed by atoms with Gasteiger partial charge in [-0.2, -0.15) is 0 Å². The molecule has 0 spiro atoms. The quantitative estimate of drug-likeness (QED) is 0.647. The Labute approximate surface area is 177 Å². The highest BCUT2D eigenvalue weighted by molar-refractivity contribution is 5.95. The maximum atomic E-state index is 12.7. The fourth-order valence-corrected chi connectivity index (χ4v) is 3.38. The van der Waals surface area contributed by atoms with Crippen molar-refractivity contribution in [2.45, 2.75) is 25.8 Å². The Kier molecular flexibility index (Phi) is 5.18. The summed E-state index contributed by atoms with van der Waals surface area (Å²) < 4.78 is 2.24. The van der Waals surface area contributed by atoms with Crippen LogP contribution in [-0.4, -0.2) is 25.9 Å². The minimum atomic E-state index is -0.509. The van der Waals surface area contributed by atoms with E-state index in [1.54, 1.807) is 12.1 Å². The Morgan fingerprint density at radius 2 is 1.71 bits per heavy atom. The van der Waals surface area contributed by atoms with Gasteiger partial charge in [-0.1, -0.05) is 12.1 Å². The molecule has 2 aromatic heterocycles. The molecule has 0 bridgehead atoms. The van der Waals surface area contributed by atoms with Gasteiger partial charge in [-0.3, -0.25) is 23.5 Å². The fourth-order valence-electron chi connectivity index (χ4n) is 3.38. The van der Waals surface area contributed by atoms with E-state index in [-0.39, 0.29) is 34.6 Å². The van der Waals surface area contributed by atoms with Crippen LogP contribution in [0.3, 0.4) is 0 Å². The summed E-state index contributed by atoms with van der Waals surface area (Å²) in [6.07, 6.45) is 1.89. The molecule has 1 aliphatic carbocycles. The first-order valence-electron chi connectivity index (χ1n) is 10.0. The molecule has 9 heteroatoms. The molecule has 1 saturated carbocycles. The van der Waals surface area contributed by atoms with E-state index in [2.05, 4.69) is 15.6 Å². The third-order valence-corrected chi connectivity index (χ3v) is 5.51. The van der Waals surface area contributed by atoms with Crippen molar-refractivity contribution in [1.29, 1.82) is 0 Å². The zero-order valence-electron chi connectivity index (χ0n) is 17.5. The first-order valence-corrected chi connectivity index (χ1v) is 10.0. The summed E-state index contributed by atoms with van der Waals surface area (Å²) in [6.45, 7) is 1.84. The topological polar surface area (TPSA) is 115 Å². The van der Waals surface area contributed by atoms with Crippen LogP contribution in [0.15, 0.2) is 46.0 Å². The lowest BCUT2D eigenvalue weighted by Gasteiger charge is -2.15. The molecule has 2 heterocycles. The SMILES string of the molecule is CC(NC(=O)c1ccc2c(=O)n(C)c(=O)n(C)c2n1)c1ccc(NC(=O)C2CC2)cc1. The number of nitrogens with zero attached hydrogens (tertiary/aromatic N) is 3. The van der Waals surface area contributed by atoms with Crippen LogP contribution in [0.5, 0.6) is 0 Å². The van der Waals surface area contributed by atoms with Gasteiger partial charge in [0, 0.05) is 25.7 Å². The van der Waals surface area contributed by atoms with E-state index in [1.165, 1.54) is 30.8 Å². The maximum absolute atomic E-state index is 12.7. The summed E-state index contributed by atoms with van der Waals surface area (Å²) >= 11 is 0.